The van der Waals surface area contributed by atoms with Gasteiger partial charge in [-0.15, -0.1) is 0 Å². The lowest BCUT2D eigenvalue weighted by Gasteiger charge is -2.22. The second-order valence-electron chi connectivity index (χ2n) is 8.78. The fourth-order valence-corrected chi connectivity index (χ4v) is 4.41. The molecule has 1 amide bonds. The monoisotopic (exact) mass is 506 g/mol. The van der Waals surface area contributed by atoms with Crippen LogP contribution in [-0.4, -0.2) is 31.8 Å². The number of amides is 1. The smallest absolute Gasteiger partial charge is 0.272 e. The van der Waals surface area contributed by atoms with Gasteiger partial charge in [0.25, 0.3) is 5.91 Å². The lowest BCUT2D eigenvalue weighted by molar-refractivity contribution is 0.102. The molecular formula is C28H23FN8O. The second kappa shape index (κ2) is 9.66. The number of imidazole rings is 1. The number of aryl methyl sites for hydroxylation is 1. The number of rotatable bonds is 6. The van der Waals surface area contributed by atoms with Gasteiger partial charge in [0.2, 0.25) is 0 Å². The maximum absolute atomic E-state index is 13.4. The highest BCUT2D eigenvalue weighted by atomic mass is 19.1. The van der Waals surface area contributed by atoms with Crippen LogP contribution in [-0.2, 0) is 0 Å². The number of hydrogen-bond acceptors (Lipinski definition) is 6. The quantitative estimate of drug-likeness (QED) is 0.247. The van der Waals surface area contributed by atoms with Crippen molar-refractivity contribution in [2.45, 2.75) is 13.0 Å². The molecule has 4 heterocycles. The maximum Gasteiger partial charge on any atom is 0.272 e. The molecule has 0 saturated heterocycles. The Morgan fingerprint density at radius 2 is 1.92 bits per heavy atom. The molecule has 1 aliphatic rings. The topological polar surface area (TPSA) is 112 Å². The van der Waals surface area contributed by atoms with Crippen LogP contribution in [0.1, 0.15) is 33.4 Å². The average Bonchev–Trinajstić information content (AvgIpc) is 3.61. The number of carbonyl (C=O) groups is 1. The summed E-state index contributed by atoms with van der Waals surface area (Å²) < 4.78 is 15.1. The molecule has 2 aromatic carbocycles. The van der Waals surface area contributed by atoms with E-state index in [0.29, 0.717) is 28.7 Å². The van der Waals surface area contributed by atoms with Gasteiger partial charge in [0.15, 0.2) is 5.82 Å². The van der Waals surface area contributed by atoms with Crippen molar-refractivity contribution in [1.29, 1.82) is 0 Å². The maximum atomic E-state index is 13.4. The molecule has 0 radical (unpaired) electrons. The SMILES string of the molecule is Cc1ccc(NC(=O)c2cccn2-c2ccc(F)cc2)cc1Nc1ncccc1C1NC=Nc2[nH]cnc21. The number of anilines is 3. The number of nitrogens with one attached hydrogen (secondary N) is 4. The summed E-state index contributed by atoms with van der Waals surface area (Å²) in [5, 5.41) is 9.65. The predicted octanol–water partition coefficient (Wildman–Crippen LogP) is 5.39. The van der Waals surface area contributed by atoms with Crippen molar-refractivity contribution in [2.75, 3.05) is 10.6 Å². The Hall–Kier alpha value is -5.25. The van der Waals surface area contributed by atoms with Gasteiger partial charge in [-0.25, -0.2) is 19.4 Å². The molecular weight excluding hydrogens is 483 g/mol. The standard InChI is InChI=1S/C28H23FN8O/c1-17-6-9-19(35-28(38)23-5-3-13-37(23)20-10-7-18(29)8-11-20)14-22(17)36-26-21(4-2-12-30-26)24-25-27(33-15-31-24)34-16-32-25/h2-16,24H,1H3,(H,30,36)(H,31,33)(H,32,34)(H,35,38). The van der Waals surface area contributed by atoms with E-state index in [1.807, 2.05) is 37.3 Å². The van der Waals surface area contributed by atoms with E-state index in [4.69, 9.17) is 0 Å². The van der Waals surface area contributed by atoms with Gasteiger partial charge < -0.3 is 25.5 Å². The Labute approximate surface area is 217 Å². The molecule has 6 rings (SSSR count). The first-order valence-electron chi connectivity index (χ1n) is 12.0. The van der Waals surface area contributed by atoms with Crippen LogP contribution in [0.2, 0.25) is 0 Å². The molecule has 9 nitrogen and oxygen atoms in total. The van der Waals surface area contributed by atoms with Gasteiger partial charge in [-0.3, -0.25) is 4.79 Å². The third-order valence-electron chi connectivity index (χ3n) is 6.34. The largest absolute Gasteiger partial charge is 0.363 e. The van der Waals surface area contributed by atoms with Crippen molar-refractivity contribution in [2.24, 2.45) is 4.99 Å². The minimum absolute atomic E-state index is 0.229. The highest BCUT2D eigenvalue weighted by Gasteiger charge is 2.25. The minimum atomic E-state index is -0.333. The number of aliphatic imine (C=N–C) groups is 1. The second-order valence-corrected chi connectivity index (χ2v) is 8.78. The van der Waals surface area contributed by atoms with Crippen LogP contribution in [0.15, 0.2) is 90.4 Å². The van der Waals surface area contributed by atoms with Crippen molar-refractivity contribution in [3.05, 3.63) is 114 Å². The van der Waals surface area contributed by atoms with E-state index in [2.05, 4.69) is 35.9 Å². The normalized spacial score (nSPS) is 14.0. The molecule has 10 heteroatoms. The number of aromatic nitrogens is 4. The van der Waals surface area contributed by atoms with Crippen molar-refractivity contribution < 1.29 is 9.18 Å². The number of halogens is 1. The molecule has 0 spiro atoms. The summed E-state index contributed by atoms with van der Waals surface area (Å²) in [6, 6.07) is 18.7. The van der Waals surface area contributed by atoms with Crippen molar-refractivity contribution >= 4 is 35.3 Å². The van der Waals surface area contributed by atoms with Gasteiger partial charge >= 0.3 is 0 Å². The molecule has 38 heavy (non-hydrogen) atoms. The summed E-state index contributed by atoms with van der Waals surface area (Å²) in [6.45, 7) is 1.98. The fraction of sp³-hybridized carbons (Fsp3) is 0.0714. The number of carbonyl (C=O) groups excluding carboxylic acids is 1. The van der Waals surface area contributed by atoms with Crippen LogP contribution in [0.25, 0.3) is 5.69 Å². The van der Waals surface area contributed by atoms with Gasteiger partial charge in [-0.1, -0.05) is 12.1 Å². The Kier molecular flexibility index (Phi) is 5.89. The molecule has 0 aliphatic carbocycles. The molecule has 0 fully saturated rings. The summed E-state index contributed by atoms with van der Waals surface area (Å²) in [5.74, 6) is 0.741. The summed E-state index contributed by atoms with van der Waals surface area (Å²) in [7, 11) is 0. The molecule has 5 aromatic rings. The van der Waals surface area contributed by atoms with Gasteiger partial charge in [-0.05, 0) is 67.1 Å². The first-order valence-corrected chi connectivity index (χ1v) is 12.0. The number of H-pyrrole nitrogens is 1. The number of pyridine rings is 1. The van der Waals surface area contributed by atoms with Gasteiger partial charge in [0.05, 0.1) is 12.7 Å². The van der Waals surface area contributed by atoms with E-state index in [9.17, 15) is 9.18 Å². The van der Waals surface area contributed by atoms with E-state index in [1.165, 1.54) is 12.1 Å². The molecule has 1 unspecified atom stereocenters. The van der Waals surface area contributed by atoms with E-state index in [-0.39, 0.29) is 17.8 Å². The summed E-state index contributed by atoms with van der Waals surface area (Å²) in [5.41, 5.74) is 5.19. The highest BCUT2D eigenvalue weighted by molar-refractivity contribution is 6.04. The van der Waals surface area contributed by atoms with Crippen molar-refractivity contribution in [3.8, 4) is 5.69 Å². The molecule has 4 N–H and O–H groups in total. The Morgan fingerprint density at radius 1 is 1.05 bits per heavy atom. The van der Waals surface area contributed by atoms with Gasteiger partial charge in [-0.2, -0.15) is 0 Å². The van der Waals surface area contributed by atoms with E-state index in [0.717, 1.165) is 22.5 Å². The van der Waals surface area contributed by atoms with E-state index < -0.39 is 0 Å². The van der Waals surface area contributed by atoms with Gasteiger partial charge in [0, 0.05) is 35.0 Å². The number of aromatic amines is 1. The zero-order chi connectivity index (χ0) is 26.1. The molecule has 1 aliphatic heterocycles. The van der Waals surface area contributed by atoms with Crippen LogP contribution < -0.4 is 16.0 Å². The minimum Gasteiger partial charge on any atom is -0.363 e. The Bertz CT molecular complexity index is 1650. The summed E-state index contributed by atoms with van der Waals surface area (Å²) in [6.07, 6.45) is 6.75. The molecule has 0 bridgehead atoms. The first kappa shape index (κ1) is 23.2. The van der Waals surface area contributed by atoms with E-state index in [1.54, 1.807) is 53.9 Å². The van der Waals surface area contributed by atoms with Crippen molar-refractivity contribution in [3.63, 3.8) is 0 Å². The lowest BCUT2D eigenvalue weighted by atomic mass is 10.0. The Morgan fingerprint density at radius 3 is 2.79 bits per heavy atom. The van der Waals surface area contributed by atoms with Crippen molar-refractivity contribution in [1.82, 2.24) is 24.8 Å². The van der Waals surface area contributed by atoms with E-state index >= 15 is 0 Å². The molecule has 0 saturated carbocycles. The van der Waals surface area contributed by atoms with Crippen LogP contribution >= 0.6 is 0 Å². The van der Waals surface area contributed by atoms with Crippen LogP contribution in [0.5, 0.6) is 0 Å². The summed E-state index contributed by atoms with van der Waals surface area (Å²) >= 11 is 0. The molecule has 3 aromatic heterocycles. The number of hydrogen-bond donors (Lipinski definition) is 4. The average molecular weight is 507 g/mol. The zero-order valence-electron chi connectivity index (χ0n) is 20.3. The number of benzene rings is 2. The molecule has 188 valence electrons. The summed E-state index contributed by atoms with van der Waals surface area (Å²) in [4.78, 5) is 29.5. The first-order chi connectivity index (χ1) is 18.6. The Balaban J connectivity index is 1.25. The third kappa shape index (κ3) is 4.39. The predicted molar refractivity (Wildman–Crippen MR) is 144 cm³/mol. The molecule has 1 atom stereocenters. The highest BCUT2D eigenvalue weighted by Crippen LogP contribution is 2.34. The fourth-order valence-electron chi connectivity index (χ4n) is 4.41. The van der Waals surface area contributed by atoms with Crippen LogP contribution in [0.4, 0.5) is 27.4 Å². The lowest BCUT2D eigenvalue weighted by Crippen LogP contribution is -2.25. The van der Waals surface area contributed by atoms with Crippen LogP contribution in [0.3, 0.4) is 0 Å². The third-order valence-corrected chi connectivity index (χ3v) is 6.34. The zero-order valence-corrected chi connectivity index (χ0v) is 20.3. The number of fused-ring (bicyclic) bond motifs is 1. The van der Waals surface area contributed by atoms with Gasteiger partial charge in [0.1, 0.15) is 29.1 Å². The number of nitrogens with zero attached hydrogens (tertiary/aromatic N) is 4. The van der Waals surface area contributed by atoms with Crippen LogP contribution in [0, 0.1) is 12.7 Å².